The number of benzene rings is 1. The highest BCUT2D eigenvalue weighted by atomic mass is 35.5. The van der Waals surface area contributed by atoms with Crippen LogP contribution in [0.1, 0.15) is 6.42 Å². The Morgan fingerprint density at radius 1 is 1.20 bits per heavy atom. The van der Waals surface area contributed by atoms with Gasteiger partial charge in [0.2, 0.25) is 0 Å². The maximum Gasteiger partial charge on any atom is 0.183 e. The summed E-state index contributed by atoms with van der Waals surface area (Å²) in [6.45, 7) is 0. The summed E-state index contributed by atoms with van der Waals surface area (Å²) in [7, 11) is -3.28. The average molecular weight is 243 g/mol. The van der Waals surface area contributed by atoms with Crippen LogP contribution in [0.2, 0.25) is 0 Å². The molecule has 0 unspecified atom stereocenters. The molecule has 0 fully saturated rings. The van der Waals surface area contributed by atoms with E-state index in [-0.39, 0.29) is 0 Å². The van der Waals surface area contributed by atoms with E-state index in [9.17, 15) is 8.42 Å². The molecule has 0 aliphatic heterocycles. The van der Waals surface area contributed by atoms with Crippen LogP contribution in [0.5, 0.6) is 0 Å². The topological polar surface area (TPSA) is 34.1 Å². The second kappa shape index (κ2) is 3.99. The zero-order valence-electron chi connectivity index (χ0n) is 8.01. The number of alkyl halides is 1. The van der Waals surface area contributed by atoms with E-state index in [0.29, 0.717) is 11.3 Å². The van der Waals surface area contributed by atoms with Gasteiger partial charge in [0.05, 0.1) is 15.5 Å². The van der Waals surface area contributed by atoms with Gasteiger partial charge in [-0.05, 0) is 18.6 Å². The highest BCUT2D eigenvalue weighted by Crippen LogP contribution is 2.28. The first-order valence-corrected chi connectivity index (χ1v) is 6.70. The van der Waals surface area contributed by atoms with Crippen molar-refractivity contribution < 1.29 is 8.42 Å². The Morgan fingerprint density at radius 3 is 2.40 bits per heavy atom. The summed E-state index contributed by atoms with van der Waals surface area (Å²) in [5.41, 5.74) is 0. The SMILES string of the molecule is O=S(=O)(c1ccccc1)[C@H]1CC=C[C@@H]1Cl. The van der Waals surface area contributed by atoms with Crippen molar-refractivity contribution >= 4 is 21.4 Å². The molecule has 2 atom stereocenters. The third kappa shape index (κ3) is 1.94. The molecule has 1 aromatic rings. The minimum absolute atomic E-state index is 0.351. The van der Waals surface area contributed by atoms with Crippen molar-refractivity contribution in [2.45, 2.75) is 21.9 Å². The maximum absolute atomic E-state index is 12.1. The van der Waals surface area contributed by atoms with Gasteiger partial charge in [-0.3, -0.25) is 0 Å². The molecule has 80 valence electrons. The Morgan fingerprint density at radius 2 is 1.87 bits per heavy atom. The van der Waals surface area contributed by atoms with Gasteiger partial charge in [0.25, 0.3) is 0 Å². The Kier molecular flexibility index (Phi) is 2.85. The lowest BCUT2D eigenvalue weighted by molar-refractivity contribution is 0.582. The zero-order chi connectivity index (χ0) is 10.9. The van der Waals surface area contributed by atoms with Crippen LogP contribution in [0.25, 0.3) is 0 Å². The number of sulfone groups is 1. The second-order valence-electron chi connectivity index (χ2n) is 3.50. The van der Waals surface area contributed by atoms with E-state index in [4.69, 9.17) is 11.6 Å². The Labute approximate surface area is 94.5 Å². The first-order valence-electron chi connectivity index (χ1n) is 4.72. The van der Waals surface area contributed by atoms with Crippen molar-refractivity contribution in [1.29, 1.82) is 0 Å². The lowest BCUT2D eigenvalue weighted by atomic mass is 10.3. The first kappa shape index (κ1) is 10.7. The molecule has 1 aliphatic rings. The fourth-order valence-corrected chi connectivity index (χ4v) is 3.97. The molecule has 0 heterocycles. The summed E-state index contributed by atoms with van der Waals surface area (Å²) in [4.78, 5) is 0.351. The minimum Gasteiger partial charge on any atom is -0.223 e. The molecule has 1 aliphatic carbocycles. The van der Waals surface area contributed by atoms with Crippen molar-refractivity contribution in [3.8, 4) is 0 Å². The smallest absolute Gasteiger partial charge is 0.183 e. The molecule has 2 rings (SSSR count). The molecule has 0 radical (unpaired) electrons. The van der Waals surface area contributed by atoms with E-state index in [1.165, 1.54) is 0 Å². The fraction of sp³-hybridized carbons (Fsp3) is 0.273. The van der Waals surface area contributed by atoms with Crippen molar-refractivity contribution in [2.75, 3.05) is 0 Å². The largest absolute Gasteiger partial charge is 0.223 e. The zero-order valence-corrected chi connectivity index (χ0v) is 9.58. The number of hydrogen-bond acceptors (Lipinski definition) is 2. The number of hydrogen-bond donors (Lipinski definition) is 0. The van der Waals surface area contributed by atoms with E-state index in [2.05, 4.69) is 0 Å². The van der Waals surface area contributed by atoms with Crippen LogP contribution in [-0.4, -0.2) is 19.0 Å². The van der Waals surface area contributed by atoms with Gasteiger partial charge in [0.1, 0.15) is 0 Å². The van der Waals surface area contributed by atoms with Gasteiger partial charge < -0.3 is 0 Å². The highest BCUT2D eigenvalue weighted by Gasteiger charge is 2.34. The molecule has 4 heteroatoms. The molecule has 0 N–H and O–H groups in total. The lowest BCUT2D eigenvalue weighted by Crippen LogP contribution is -2.26. The van der Waals surface area contributed by atoms with Gasteiger partial charge in [-0.15, -0.1) is 11.6 Å². The van der Waals surface area contributed by atoms with Gasteiger partial charge in [-0.25, -0.2) is 8.42 Å². The van der Waals surface area contributed by atoms with Crippen LogP contribution in [0.4, 0.5) is 0 Å². The maximum atomic E-state index is 12.1. The number of rotatable bonds is 2. The van der Waals surface area contributed by atoms with E-state index >= 15 is 0 Å². The third-order valence-corrected chi connectivity index (χ3v) is 5.32. The Bertz CT molecular complexity index is 465. The number of allylic oxidation sites excluding steroid dienone is 2. The monoisotopic (exact) mass is 242 g/mol. The average Bonchev–Trinajstić information content (AvgIpc) is 2.66. The summed E-state index contributed by atoms with van der Waals surface area (Å²) in [5, 5.41) is -0.920. The van der Waals surface area contributed by atoms with Crippen LogP contribution in [-0.2, 0) is 9.84 Å². The molecule has 0 aromatic heterocycles. The lowest BCUT2D eigenvalue weighted by Gasteiger charge is -2.14. The molecule has 1 aromatic carbocycles. The molecular formula is C11H11ClO2S. The van der Waals surface area contributed by atoms with Crippen LogP contribution in [0.3, 0.4) is 0 Å². The van der Waals surface area contributed by atoms with Crippen molar-refractivity contribution in [3.63, 3.8) is 0 Å². The summed E-state index contributed by atoms with van der Waals surface area (Å²) in [5.74, 6) is 0. The van der Waals surface area contributed by atoms with Gasteiger partial charge in [0.15, 0.2) is 9.84 Å². The van der Waals surface area contributed by atoms with Gasteiger partial charge >= 0.3 is 0 Å². The van der Waals surface area contributed by atoms with E-state index in [1.807, 2.05) is 6.08 Å². The van der Waals surface area contributed by atoms with Crippen LogP contribution in [0, 0.1) is 0 Å². The molecule has 0 saturated carbocycles. The first-order chi connectivity index (χ1) is 7.12. The Hall–Kier alpha value is -0.800. The molecule has 0 amide bonds. The van der Waals surface area contributed by atoms with Gasteiger partial charge in [-0.1, -0.05) is 30.4 Å². The molecule has 15 heavy (non-hydrogen) atoms. The molecule has 0 saturated heterocycles. The minimum atomic E-state index is -3.28. The molecular weight excluding hydrogens is 232 g/mol. The summed E-state index contributed by atoms with van der Waals surface area (Å²) in [6.07, 6.45) is 4.07. The van der Waals surface area contributed by atoms with E-state index in [1.54, 1.807) is 36.4 Å². The predicted molar refractivity (Wildman–Crippen MR) is 60.8 cm³/mol. The normalized spacial score (nSPS) is 25.7. The summed E-state index contributed by atoms with van der Waals surface area (Å²) < 4.78 is 24.2. The van der Waals surface area contributed by atoms with Crippen LogP contribution >= 0.6 is 11.6 Å². The van der Waals surface area contributed by atoms with Gasteiger partial charge in [0, 0.05) is 0 Å². The second-order valence-corrected chi connectivity index (χ2v) is 6.18. The number of halogens is 1. The van der Waals surface area contributed by atoms with Crippen LogP contribution in [0.15, 0.2) is 47.4 Å². The summed E-state index contributed by atoms with van der Waals surface area (Å²) >= 11 is 5.95. The standard InChI is InChI=1S/C11H11ClO2S/c12-10-7-4-8-11(10)15(13,14)9-5-2-1-3-6-9/h1-7,10-11H,8H2/t10-,11-/m0/s1. The highest BCUT2D eigenvalue weighted by molar-refractivity contribution is 7.92. The van der Waals surface area contributed by atoms with Crippen LogP contribution < -0.4 is 0 Å². The fourth-order valence-electron chi connectivity index (χ4n) is 1.68. The predicted octanol–water partition coefficient (Wildman–Crippen LogP) is 2.40. The van der Waals surface area contributed by atoms with E-state index in [0.717, 1.165) is 0 Å². The van der Waals surface area contributed by atoms with E-state index < -0.39 is 20.5 Å². The molecule has 2 nitrogen and oxygen atoms in total. The Balaban J connectivity index is 2.37. The quantitative estimate of drug-likeness (QED) is 0.590. The van der Waals surface area contributed by atoms with Crippen molar-refractivity contribution in [1.82, 2.24) is 0 Å². The van der Waals surface area contributed by atoms with Crippen molar-refractivity contribution in [3.05, 3.63) is 42.5 Å². The molecule has 0 spiro atoms. The summed E-state index contributed by atoms with van der Waals surface area (Å²) in [6, 6.07) is 8.45. The van der Waals surface area contributed by atoms with Gasteiger partial charge in [-0.2, -0.15) is 0 Å². The van der Waals surface area contributed by atoms with Crippen molar-refractivity contribution in [2.24, 2.45) is 0 Å². The third-order valence-electron chi connectivity index (χ3n) is 2.51. The molecule has 0 bridgehead atoms.